The largest absolute Gasteiger partial charge is 0.458 e. The molecule has 1 aliphatic carbocycles. The van der Waals surface area contributed by atoms with E-state index >= 15 is 0 Å². The van der Waals surface area contributed by atoms with Crippen molar-refractivity contribution in [3.63, 3.8) is 0 Å². The molecular weight excluding hydrogens is 274 g/mol. The molecule has 4 heteroatoms. The molecule has 0 N–H and O–H groups in total. The summed E-state index contributed by atoms with van der Waals surface area (Å²) < 4.78 is 5.84. The van der Waals surface area contributed by atoms with Gasteiger partial charge in [0.1, 0.15) is 6.10 Å². The zero-order valence-corrected chi connectivity index (χ0v) is 12.1. The number of halogens is 1. The van der Waals surface area contributed by atoms with Gasteiger partial charge in [-0.2, -0.15) is 0 Å². The van der Waals surface area contributed by atoms with Crippen LogP contribution in [0.15, 0.2) is 24.3 Å². The van der Waals surface area contributed by atoms with Gasteiger partial charge in [0.15, 0.2) is 0 Å². The minimum Gasteiger partial charge on any atom is -0.458 e. The number of piperidine rings is 3. The molecule has 3 heterocycles. The van der Waals surface area contributed by atoms with E-state index in [1.165, 1.54) is 19.4 Å². The summed E-state index contributed by atoms with van der Waals surface area (Å²) in [6.07, 6.45) is 2.57. The predicted molar refractivity (Wildman–Crippen MR) is 76.8 cm³/mol. The van der Waals surface area contributed by atoms with Crippen LogP contribution in [0.3, 0.4) is 0 Å². The first kappa shape index (κ1) is 12.7. The molecular formula is C16H18ClNO2. The number of carbonyl (C=O) groups is 1. The molecule has 0 aromatic heterocycles. The van der Waals surface area contributed by atoms with Crippen molar-refractivity contribution in [1.82, 2.24) is 4.90 Å². The molecule has 2 atom stereocenters. The van der Waals surface area contributed by atoms with Crippen LogP contribution >= 0.6 is 11.6 Å². The Bertz CT molecular complexity index is 500. The summed E-state index contributed by atoms with van der Waals surface area (Å²) in [7, 11) is 0. The van der Waals surface area contributed by atoms with Crippen molar-refractivity contribution < 1.29 is 9.53 Å². The van der Waals surface area contributed by atoms with Crippen LogP contribution in [0.25, 0.3) is 0 Å². The summed E-state index contributed by atoms with van der Waals surface area (Å²) in [5.41, 5.74) is 0.600. The van der Waals surface area contributed by atoms with Gasteiger partial charge in [-0.3, -0.25) is 0 Å². The second-order valence-corrected chi connectivity index (χ2v) is 6.89. The van der Waals surface area contributed by atoms with E-state index in [0.717, 1.165) is 19.0 Å². The summed E-state index contributed by atoms with van der Waals surface area (Å²) in [4.78, 5) is 14.8. The molecule has 20 heavy (non-hydrogen) atoms. The van der Waals surface area contributed by atoms with Crippen LogP contribution in [-0.4, -0.2) is 36.6 Å². The normalized spacial score (nSPS) is 38.0. The quantitative estimate of drug-likeness (QED) is 0.785. The van der Waals surface area contributed by atoms with E-state index in [4.69, 9.17) is 16.3 Å². The Hall–Kier alpha value is -1.06. The summed E-state index contributed by atoms with van der Waals surface area (Å²) in [6, 6.07) is 6.95. The Morgan fingerprint density at radius 3 is 2.35 bits per heavy atom. The smallest absolute Gasteiger partial charge is 0.338 e. The fraction of sp³-hybridized carbons (Fsp3) is 0.562. The number of hydrogen-bond acceptors (Lipinski definition) is 3. The second-order valence-electron chi connectivity index (χ2n) is 6.45. The van der Waals surface area contributed by atoms with Gasteiger partial charge in [-0.05, 0) is 43.0 Å². The van der Waals surface area contributed by atoms with Gasteiger partial charge >= 0.3 is 5.97 Å². The van der Waals surface area contributed by atoms with Crippen molar-refractivity contribution in [2.24, 2.45) is 17.8 Å². The molecule has 0 spiro atoms. The van der Waals surface area contributed by atoms with E-state index in [1.54, 1.807) is 24.3 Å². The molecule has 1 aromatic carbocycles. The van der Waals surface area contributed by atoms with Gasteiger partial charge < -0.3 is 9.64 Å². The number of carbonyl (C=O) groups excluding carboxylic acids is 1. The lowest BCUT2D eigenvalue weighted by Crippen LogP contribution is -2.60. The van der Waals surface area contributed by atoms with Crippen LogP contribution in [0.1, 0.15) is 23.2 Å². The van der Waals surface area contributed by atoms with E-state index in [1.807, 2.05) is 0 Å². The lowest BCUT2D eigenvalue weighted by molar-refractivity contribution is -0.116. The van der Waals surface area contributed by atoms with E-state index < -0.39 is 0 Å². The van der Waals surface area contributed by atoms with Crippen LogP contribution in [0.2, 0.25) is 5.02 Å². The first-order valence-corrected chi connectivity index (χ1v) is 7.76. The monoisotopic (exact) mass is 291 g/mol. The maximum absolute atomic E-state index is 12.3. The van der Waals surface area contributed by atoms with E-state index in [9.17, 15) is 4.79 Å². The molecule has 3 saturated heterocycles. The summed E-state index contributed by atoms with van der Waals surface area (Å²) in [5, 5.41) is 0.643. The zero-order chi connectivity index (χ0) is 13.7. The van der Waals surface area contributed by atoms with Crippen molar-refractivity contribution in [2.45, 2.75) is 18.9 Å². The highest BCUT2D eigenvalue weighted by atomic mass is 35.5. The van der Waals surface area contributed by atoms with Crippen molar-refractivity contribution in [3.8, 4) is 0 Å². The Balaban J connectivity index is 1.49. The van der Waals surface area contributed by atoms with E-state index in [-0.39, 0.29) is 12.1 Å². The first-order valence-electron chi connectivity index (χ1n) is 7.38. The highest BCUT2D eigenvalue weighted by Crippen LogP contribution is 2.44. The lowest BCUT2D eigenvalue weighted by Gasteiger charge is -2.55. The molecule has 0 unspecified atom stereocenters. The lowest BCUT2D eigenvalue weighted by atomic mass is 9.66. The minimum absolute atomic E-state index is 0.117. The second kappa shape index (κ2) is 4.74. The minimum atomic E-state index is -0.200. The van der Waals surface area contributed by atoms with Crippen LogP contribution in [-0.2, 0) is 4.74 Å². The average Bonchev–Trinajstić information content (AvgIpc) is 2.42. The third kappa shape index (κ3) is 2.13. The number of ether oxygens (including phenoxy) is 1. The highest BCUT2D eigenvalue weighted by molar-refractivity contribution is 6.30. The SMILES string of the molecule is O=C(OC1[C@H]2CC3C[C@H]1CN(C3)C2)c1ccc(Cl)cc1. The standard InChI is InChI=1S/C16H18ClNO2/c17-14-3-1-11(2-4-14)16(19)20-15-12-5-10-6-13(15)9-18(7-10)8-12/h1-4,10,12-13,15H,5-9H2/t10?,12-,13-,15?/m0/s1. The first-order chi connectivity index (χ1) is 9.69. The topological polar surface area (TPSA) is 29.5 Å². The van der Waals surface area contributed by atoms with Crippen LogP contribution < -0.4 is 0 Å². The molecule has 3 nitrogen and oxygen atoms in total. The van der Waals surface area contributed by atoms with E-state index in [0.29, 0.717) is 22.4 Å². The number of hydrogen-bond donors (Lipinski definition) is 0. The third-order valence-electron chi connectivity index (χ3n) is 5.03. The fourth-order valence-electron chi connectivity index (χ4n) is 4.33. The van der Waals surface area contributed by atoms with Gasteiger partial charge in [-0.1, -0.05) is 11.6 Å². The Morgan fingerprint density at radius 1 is 1.10 bits per heavy atom. The molecule has 5 rings (SSSR count). The van der Waals surface area contributed by atoms with Gasteiger partial charge in [-0.15, -0.1) is 0 Å². The van der Waals surface area contributed by atoms with Crippen LogP contribution in [0.4, 0.5) is 0 Å². The van der Waals surface area contributed by atoms with Crippen molar-refractivity contribution in [1.29, 1.82) is 0 Å². The fourth-order valence-corrected chi connectivity index (χ4v) is 4.46. The van der Waals surface area contributed by atoms with Crippen molar-refractivity contribution in [2.75, 3.05) is 19.6 Å². The van der Waals surface area contributed by atoms with Crippen molar-refractivity contribution in [3.05, 3.63) is 34.9 Å². The molecule has 3 aliphatic heterocycles. The molecule has 4 bridgehead atoms. The Morgan fingerprint density at radius 2 is 1.75 bits per heavy atom. The van der Waals surface area contributed by atoms with Crippen molar-refractivity contribution >= 4 is 17.6 Å². The Kier molecular flexibility index (Phi) is 3.00. The molecule has 0 amide bonds. The molecule has 106 valence electrons. The number of benzene rings is 1. The van der Waals surface area contributed by atoms with Gasteiger partial charge in [0.2, 0.25) is 0 Å². The third-order valence-corrected chi connectivity index (χ3v) is 5.28. The maximum Gasteiger partial charge on any atom is 0.338 e. The van der Waals surface area contributed by atoms with Gasteiger partial charge in [0.05, 0.1) is 5.56 Å². The van der Waals surface area contributed by atoms with Gasteiger partial charge in [-0.25, -0.2) is 4.79 Å². The van der Waals surface area contributed by atoms with Crippen LogP contribution in [0.5, 0.6) is 0 Å². The number of esters is 1. The maximum atomic E-state index is 12.3. The molecule has 4 aliphatic rings. The molecule has 1 saturated carbocycles. The zero-order valence-electron chi connectivity index (χ0n) is 11.3. The average molecular weight is 292 g/mol. The number of rotatable bonds is 2. The molecule has 1 aromatic rings. The number of nitrogens with zero attached hydrogens (tertiary/aromatic N) is 1. The molecule has 0 radical (unpaired) electrons. The van der Waals surface area contributed by atoms with Crippen LogP contribution in [0, 0.1) is 17.8 Å². The Labute approximate surface area is 123 Å². The predicted octanol–water partition coefficient (Wildman–Crippen LogP) is 2.84. The van der Waals surface area contributed by atoms with Gasteiger partial charge in [0.25, 0.3) is 0 Å². The molecule has 4 fully saturated rings. The summed E-state index contributed by atoms with van der Waals surface area (Å²) in [5.74, 6) is 1.71. The summed E-state index contributed by atoms with van der Waals surface area (Å²) >= 11 is 5.85. The highest BCUT2D eigenvalue weighted by Gasteiger charge is 2.49. The van der Waals surface area contributed by atoms with E-state index in [2.05, 4.69) is 4.90 Å². The van der Waals surface area contributed by atoms with Gasteiger partial charge in [0, 0.05) is 36.5 Å². The summed E-state index contributed by atoms with van der Waals surface area (Å²) in [6.45, 7) is 3.46.